The van der Waals surface area contributed by atoms with E-state index in [1.807, 2.05) is 44.2 Å². The second-order valence-electron chi connectivity index (χ2n) is 4.60. The minimum Gasteiger partial charge on any atom is -0.350 e. The third-order valence-corrected chi connectivity index (χ3v) is 2.81. The van der Waals surface area contributed by atoms with E-state index in [-0.39, 0.29) is 11.9 Å². The van der Waals surface area contributed by atoms with Crippen LogP contribution in [0.25, 0.3) is 10.8 Å². The van der Waals surface area contributed by atoms with Crippen molar-refractivity contribution in [3.05, 3.63) is 47.5 Å². The number of hydrogen-bond acceptors (Lipinski definition) is 1. The van der Waals surface area contributed by atoms with Crippen LogP contribution < -0.4 is 5.32 Å². The molecule has 0 bridgehead atoms. The van der Waals surface area contributed by atoms with Gasteiger partial charge in [-0.2, -0.15) is 0 Å². The molecule has 2 aromatic carbocycles. The van der Waals surface area contributed by atoms with Crippen molar-refractivity contribution in [2.24, 2.45) is 0 Å². The Morgan fingerprint density at radius 3 is 2.35 bits per heavy atom. The van der Waals surface area contributed by atoms with Gasteiger partial charge in [0.05, 0.1) is 0 Å². The van der Waals surface area contributed by atoms with Crippen molar-refractivity contribution in [3.63, 3.8) is 0 Å². The molecule has 2 heteroatoms. The van der Waals surface area contributed by atoms with Crippen LogP contribution in [0, 0.1) is 6.92 Å². The molecule has 0 aliphatic carbocycles. The van der Waals surface area contributed by atoms with E-state index in [1.54, 1.807) is 0 Å². The number of hydrogen-bond donors (Lipinski definition) is 1. The summed E-state index contributed by atoms with van der Waals surface area (Å²) in [7, 11) is 0. The Kier molecular flexibility index (Phi) is 3.14. The van der Waals surface area contributed by atoms with Crippen molar-refractivity contribution in [3.8, 4) is 0 Å². The first kappa shape index (κ1) is 11.6. The lowest BCUT2D eigenvalue weighted by molar-refractivity contribution is 0.0945. The van der Waals surface area contributed by atoms with Crippen LogP contribution in [0.4, 0.5) is 0 Å². The molecule has 0 atom stereocenters. The predicted molar refractivity (Wildman–Crippen MR) is 71.3 cm³/mol. The standard InChI is InChI=1S/C15H17NO/c1-10(2)16-15(17)14-9-8-11(3)12-6-4-5-7-13(12)14/h4-10H,1-3H3,(H,16,17). The van der Waals surface area contributed by atoms with E-state index in [0.29, 0.717) is 0 Å². The summed E-state index contributed by atoms with van der Waals surface area (Å²) < 4.78 is 0. The molecule has 0 unspecified atom stereocenters. The van der Waals surface area contributed by atoms with E-state index in [2.05, 4.69) is 18.3 Å². The highest BCUT2D eigenvalue weighted by Crippen LogP contribution is 2.22. The molecular weight excluding hydrogens is 210 g/mol. The van der Waals surface area contributed by atoms with Crippen LogP contribution >= 0.6 is 0 Å². The number of aryl methyl sites for hydroxylation is 1. The second-order valence-corrected chi connectivity index (χ2v) is 4.60. The maximum Gasteiger partial charge on any atom is 0.252 e. The molecule has 2 aromatic rings. The van der Waals surface area contributed by atoms with Crippen molar-refractivity contribution in [2.45, 2.75) is 26.8 Å². The van der Waals surface area contributed by atoms with Crippen LogP contribution in [0.15, 0.2) is 36.4 Å². The third-order valence-electron chi connectivity index (χ3n) is 2.81. The van der Waals surface area contributed by atoms with Crippen LogP contribution in [0.1, 0.15) is 29.8 Å². The highest BCUT2D eigenvalue weighted by molar-refractivity contribution is 6.07. The fourth-order valence-corrected chi connectivity index (χ4v) is 1.99. The zero-order valence-electron chi connectivity index (χ0n) is 10.4. The van der Waals surface area contributed by atoms with Gasteiger partial charge in [0.1, 0.15) is 0 Å². The van der Waals surface area contributed by atoms with Crippen molar-refractivity contribution >= 4 is 16.7 Å². The molecule has 0 saturated carbocycles. The van der Waals surface area contributed by atoms with Gasteiger partial charge in [-0.3, -0.25) is 4.79 Å². The fraction of sp³-hybridized carbons (Fsp3) is 0.267. The number of carbonyl (C=O) groups is 1. The molecule has 0 fully saturated rings. The van der Waals surface area contributed by atoms with Gasteiger partial charge in [-0.15, -0.1) is 0 Å². The summed E-state index contributed by atoms with van der Waals surface area (Å²) in [5.41, 5.74) is 1.95. The van der Waals surface area contributed by atoms with Crippen molar-refractivity contribution in [1.29, 1.82) is 0 Å². The van der Waals surface area contributed by atoms with Crippen molar-refractivity contribution < 1.29 is 4.79 Å². The molecule has 0 heterocycles. The molecule has 0 saturated heterocycles. The fourth-order valence-electron chi connectivity index (χ4n) is 1.99. The van der Waals surface area contributed by atoms with E-state index >= 15 is 0 Å². The van der Waals surface area contributed by atoms with Gasteiger partial charge in [0.2, 0.25) is 0 Å². The Morgan fingerprint density at radius 2 is 1.71 bits per heavy atom. The number of carbonyl (C=O) groups excluding carboxylic acids is 1. The second kappa shape index (κ2) is 4.58. The molecule has 0 spiro atoms. The third kappa shape index (κ3) is 2.31. The van der Waals surface area contributed by atoms with Crippen LogP contribution in [-0.2, 0) is 0 Å². The summed E-state index contributed by atoms with van der Waals surface area (Å²) in [6.07, 6.45) is 0. The first-order valence-corrected chi connectivity index (χ1v) is 5.89. The summed E-state index contributed by atoms with van der Waals surface area (Å²) in [6.45, 7) is 6.00. The first-order valence-electron chi connectivity index (χ1n) is 5.89. The van der Waals surface area contributed by atoms with Gasteiger partial charge in [0.25, 0.3) is 5.91 Å². The van der Waals surface area contributed by atoms with E-state index in [0.717, 1.165) is 16.3 Å². The summed E-state index contributed by atoms with van der Waals surface area (Å²) in [5, 5.41) is 5.09. The molecule has 17 heavy (non-hydrogen) atoms. The highest BCUT2D eigenvalue weighted by Gasteiger charge is 2.11. The SMILES string of the molecule is Cc1ccc(C(=O)NC(C)C)c2ccccc12. The van der Waals surface area contributed by atoms with E-state index < -0.39 is 0 Å². The van der Waals surface area contributed by atoms with Crippen molar-refractivity contribution in [2.75, 3.05) is 0 Å². The number of rotatable bonds is 2. The summed E-state index contributed by atoms with van der Waals surface area (Å²) in [5.74, 6) is -0.00352. The van der Waals surface area contributed by atoms with E-state index in [9.17, 15) is 4.79 Å². The Labute approximate surface area is 102 Å². The summed E-state index contributed by atoms with van der Waals surface area (Å²) >= 11 is 0. The van der Waals surface area contributed by atoms with Gasteiger partial charge in [0, 0.05) is 11.6 Å². The molecule has 0 aliphatic heterocycles. The summed E-state index contributed by atoms with van der Waals surface area (Å²) in [4.78, 5) is 12.1. The van der Waals surface area contributed by atoms with Gasteiger partial charge < -0.3 is 5.32 Å². The highest BCUT2D eigenvalue weighted by atomic mass is 16.1. The Bertz CT molecular complexity index is 558. The molecule has 0 aromatic heterocycles. The number of fused-ring (bicyclic) bond motifs is 1. The average Bonchev–Trinajstić information content (AvgIpc) is 2.29. The zero-order chi connectivity index (χ0) is 12.4. The lowest BCUT2D eigenvalue weighted by Gasteiger charge is -2.11. The smallest absolute Gasteiger partial charge is 0.252 e. The molecule has 0 aliphatic rings. The van der Waals surface area contributed by atoms with Crippen LogP contribution in [0.2, 0.25) is 0 Å². The number of benzene rings is 2. The quantitative estimate of drug-likeness (QED) is 0.838. The Hall–Kier alpha value is -1.83. The molecule has 0 radical (unpaired) electrons. The molecule has 1 N–H and O–H groups in total. The molecule has 2 rings (SSSR count). The van der Waals surface area contributed by atoms with Crippen LogP contribution in [0.3, 0.4) is 0 Å². The van der Waals surface area contributed by atoms with E-state index in [1.165, 1.54) is 5.56 Å². The normalized spacial score (nSPS) is 10.8. The van der Waals surface area contributed by atoms with E-state index in [4.69, 9.17) is 0 Å². The monoisotopic (exact) mass is 227 g/mol. The topological polar surface area (TPSA) is 29.1 Å². The minimum absolute atomic E-state index is 0.00352. The van der Waals surface area contributed by atoms with Gasteiger partial charge in [-0.05, 0) is 43.2 Å². The average molecular weight is 227 g/mol. The van der Waals surface area contributed by atoms with Gasteiger partial charge >= 0.3 is 0 Å². The molecule has 88 valence electrons. The largest absolute Gasteiger partial charge is 0.350 e. The van der Waals surface area contributed by atoms with Gasteiger partial charge in [-0.1, -0.05) is 30.3 Å². The number of nitrogens with one attached hydrogen (secondary N) is 1. The minimum atomic E-state index is -0.00352. The van der Waals surface area contributed by atoms with Gasteiger partial charge in [0.15, 0.2) is 0 Å². The lowest BCUT2D eigenvalue weighted by atomic mass is 10.00. The molecule has 1 amide bonds. The maximum atomic E-state index is 12.1. The van der Waals surface area contributed by atoms with Crippen molar-refractivity contribution in [1.82, 2.24) is 5.32 Å². The van der Waals surface area contributed by atoms with Crippen LogP contribution in [0.5, 0.6) is 0 Å². The predicted octanol–water partition coefficient (Wildman–Crippen LogP) is 3.29. The zero-order valence-corrected chi connectivity index (χ0v) is 10.4. The molecular formula is C15H17NO. The number of amides is 1. The Morgan fingerprint density at radius 1 is 1.06 bits per heavy atom. The Balaban J connectivity index is 2.55. The van der Waals surface area contributed by atoms with Crippen LogP contribution in [-0.4, -0.2) is 11.9 Å². The summed E-state index contributed by atoms with van der Waals surface area (Å²) in [6, 6.07) is 12.1. The van der Waals surface area contributed by atoms with Gasteiger partial charge in [-0.25, -0.2) is 0 Å². The maximum absolute atomic E-state index is 12.1. The molecule has 2 nitrogen and oxygen atoms in total. The lowest BCUT2D eigenvalue weighted by Crippen LogP contribution is -2.30. The first-order chi connectivity index (χ1) is 8.09.